The molecule has 4 rings (SSSR count). The predicted octanol–water partition coefficient (Wildman–Crippen LogP) is 6.51. The van der Waals surface area contributed by atoms with Gasteiger partial charge in [-0.15, -0.1) is 0 Å². The van der Waals surface area contributed by atoms with Crippen molar-refractivity contribution in [3.8, 4) is 0 Å². The van der Waals surface area contributed by atoms with E-state index in [-0.39, 0.29) is 55.1 Å². The lowest BCUT2D eigenvalue weighted by atomic mass is 9.78. The zero-order valence-corrected chi connectivity index (χ0v) is 44.2. The molecule has 17 nitrogen and oxygen atoms in total. The average Bonchev–Trinajstić information content (AvgIpc) is 3.34. The van der Waals surface area contributed by atoms with E-state index in [4.69, 9.17) is 33.3 Å². The number of carboxylic acids is 1. The van der Waals surface area contributed by atoms with Crippen molar-refractivity contribution < 1.29 is 72.9 Å². The summed E-state index contributed by atoms with van der Waals surface area (Å²) in [6, 6.07) is -1.09. The van der Waals surface area contributed by atoms with E-state index in [0.29, 0.717) is 69.1 Å². The number of carbonyl (C=O) groups excluding carboxylic acids is 3. The fraction of sp³-hybridized carbons (Fsp3) is 0.759. The summed E-state index contributed by atoms with van der Waals surface area (Å²) in [5.41, 5.74) is 1.74. The molecule has 2 saturated heterocycles. The summed E-state index contributed by atoms with van der Waals surface area (Å²) >= 11 is 0. The van der Waals surface area contributed by atoms with Gasteiger partial charge in [-0.3, -0.25) is 9.59 Å². The van der Waals surface area contributed by atoms with Crippen molar-refractivity contribution in [1.29, 1.82) is 0 Å². The Kier molecular flexibility index (Phi) is 24.1. The molecule has 0 spiro atoms. The molecule has 3 aliphatic heterocycles. The Morgan fingerprint density at radius 3 is 2.24 bits per heavy atom. The number of carbonyl (C=O) groups is 4. The Hall–Kier alpha value is -3.81. The minimum Gasteiger partial charge on any atom is -0.479 e. The zero-order valence-electron chi connectivity index (χ0n) is 44.2. The van der Waals surface area contributed by atoms with Crippen LogP contribution in [0.25, 0.3) is 0 Å². The number of piperidine rings is 1. The largest absolute Gasteiger partial charge is 0.479 e. The van der Waals surface area contributed by atoms with Crippen LogP contribution in [0.3, 0.4) is 0 Å². The van der Waals surface area contributed by atoms with Gasteiger partial charge in [-0.2, -0.15) is 0 Å². The summed E-state index contributed by atoms with van der Waals surface area (Å²) in [5.74, 6) is -7.83. The van der Waals surface area contributed by atoms with E-state index in [1.54, 1.807) is 35.2 Å². The van der Waals surface area contributed by atoms with Crippen molar-refractivity contribution in [1.82, 2.24) is 4.90 Å². The first-order valence-corrected chi connectivity index (χ1v) is 25.7. The smallest absolute Gasteiger partial charge is 0.344 e. The van der Waals surface area contributed by atoms with Gasteiger partial charge < -0.3 is 58.6 Å². The molecule has 17 heteroatoms. The first kappa shape index (κ1) is 59.8. The van der Waals surface area contributed by atoms with Crippen LogP contribution < -0.4 is 0 Å². The SMILES string of the molecule is CO[C@H]1C[C@@H]2CC[C@@H](C)[C@@](O)(O2)C(=O)C(=O)N2CCCC[C@H]2C(=O)O[C@H]([C@H](C)C[C@@H]2CC[C@@H](O)[C@H](OC)C2)C[C@@H](OC)[C@H](C)/C=C(\C)[C@@H](O)[C@@H](OC)C(=NOCC(=O)O)[C@H](C)C[C@H](C)/C=C/C=C/C=C/1C. The Balaban J connectivity index is 1.77. The fourth-order valence-corrected chi connectivity index (χ4v) is 10.9. The molecule has 0 aromatic heterocycles. The molecule has 1 amide bonds. The van der Waals surface area contributed by atoms with Crippen LogP contribution in [0.1, 0.15) is 126 Å². The summed E-state index contributed by atoms with van der Waals surface area (Å²) in [7, 11) is 6.19. The number of allylic oxidation sites excluding steroid dienone is 5. The van der Waals surface area contributed by atoms with Gasteiger partial charge in [-0.25, -0.2) is 9.59 Å². The van der Waals surface area contributed by atoms with Crippen LogP contribution in [0.15, 0.2) is 52.8 Å². The molecule has 0 aromatic carbocycles. The molecular weight excluding hydrogens is 917 g/mol. The van der Waals surface area contributed by atoms with Crippen molar-refractivity contribution in [3.05, 3.63) is 47.6 Å². The van der Waals surface area contributed by atoms with Crippen LogP contribution >= 0.6 is 0 Å². The molecule has 4 aliphatic rings. The number of cyclic esters (lactones) is 1. The molecular formula is C54H86N2O15. The van der Waals surface area contributed by atoms with Gasteiger partial charge in [0.25, 0.3) is 11.7 Å². The Morgan fingerprint density at radius 2 is 1.58 bits per heavy atom. The van der Waals surface area contributed by atoms with Crippen molar-refractivity contribution >= 4 is 29.3 Å². The van der Waals surface area contributed by atoms with Crippen molar-refractivity contribution in [2.75, 3.05) is 41.6 Å². The number of aliphatic carboxylic acids is 1. The second kappa shape index (κ2) is 28.6. The number of ketones is 1. The van der Waals surface area contributed by atoms with Gasteiger partial charge in [-0.1, -0.05) is 76.2 Å². The number of hydrogen-bond acceptors (Lipinski definition) is 15. The molecule has 0 unspecified atom stereocenters. The van der Waals surface area contributed by atoms with Gasteiger partial charge in [-0.05, 0) is 107 Å². The van der Waals surface area contributed by atoms with Crippen LogP contribution in [-0.2, 0) is 52.4 Å². The molecule has 0 aromatic rings. The van der Waals surface area contributed by atoms with E-state index in [1.807, 2.05) is 71.1 Å². The highest BCUT2D eigenvalue weighted by molar-refractivity contribution is 6.39. The lowest BCUT2D eigenvalue weighted by Gasteiger charge is -2.43. The van der Waals surface area contributed by atoms with E-state index in [0.717, 1.165) is 12.0 Å². The molecule has 402 valence electrons. The van der Waals surface area contributed by atoms with Gasteiger partial charge in [0.2, 0.25) is 12.4 Å². The monoisotopic (exact) mass is 1000 g/mol. The van der Waals surface area contributed by atoms with Crippen LogP contribution in [0, 0.1) is 35.5 Å². The van der Waals surface area contributed by atoms with Crippen molar-refractivity contribution in [2.24, 2.45) is 40.7 Å². The van der Waals surface area contributed by atoms with Crippen molar-refractivity contribution in [2.45, 2.75) is 186 Å². The quantitative estimate of drug-likeness (QED) is 0.0791. The van der Waals surface area contributed by atoms with Crippen LogP contribution in [0.4, 0.5) is 0 Å². The molecule has 2 bridgehead atoms. The number of ether oxygens (including phenoxy) is 6. The summed E-state index contributed by atoms with van der Waals surface area (Å²) in [5, 5.41) is 48.1. The van der Waals surface area contributed by atoms with Crippen LogP contribution in [0.2, 0.25) is 0 Å². The maximum absolute atomic E-state index is 14.6. The molecule has 71 heavy (non-hydrogen) atoms. The number of nitrogens with zero attached hydrogens (tertiary/aromatic N) is 2. The minimum absolute atomic E-state index is 0.0106. The number of aliphatic hydroxyl groups excluding tert-OH is 2. The second-order valence-corrected chi connectivity index (χ2v) is 20.8. The third-order valence-corrected chi connectivity index (χ3v) is 15.3. The highest BCUT2D eigenvalue weighted by Crippen LogP contribution is 2.38. The fourth-order valence-electron chi connectivity index (χ4n) is 10.9. The third-order valence-electron chi connectivity index (χ3n) is 15.3. The molecule has 1 aliphatic carbocycles. The number of carboxylic acid groups (broad SMARTS) is 1. The summed E-state index contributed by atoms with van der Waals surface area (Å²) in [6.07, 6.45) is 12.1. The van der Waals surface area contributed by atoms with Crippen molar-refractivity contribution in [3.63, 3.8) is 0 Å². The normalized spacial score (nSPS) is 39.5. The van der Waals surface area contributed by atoms with Gasteiger partial charge in [0.1, 0.15) is 24.4 Å². The molecule has 0 radical (unpaired) electrons. The number of rotatable bonds is 10. The second-order valence-electron chi connectivity index (χ2n) is 20.8. The summed E-state index contributed by atoms with van der Waals surface area (Å²) in [4.78, 5) is 61.3. The highest BCUT2D eigenvalue weighted by Gasteiger charge is 2.53. The summed E-state index contributed by atoms with van der Waals surface area (Å²) < 4.78 is 36.2. The predicted molar refractivity (Wildman–Crippen MR) is 267 cm³/mol. The minimum atomic E-state index is -2.42. The third kappa shape index (κ3) is 16.6. The van der Waals surface area contributed by atoms with E-state index in [2.05, 4.69) is 5.16 Å². The van der Waals surface area contributed by atoms with E-state index in [9.17, 15) is 39.6 Å². The van der Waals surface area contributed by atoms with Crippen LogP contribution in [0.5, 0.6) is 0 Å². The highest BCUT2D eigenvalue weighted by atomic mass is 16.6. The standard InChI is InChI=1S/C54H86N2O15/c1-32-17-13-12-14-18-33(2)43(65-8)29-40-22-20-38(7)54(64,71-40)51(61)52(62)56-24-16-15-19-41(56)53(63)70-45(35(4)27-39-21-23-42(57)46(28-39)67-10)30-44(66-9)34(3)26-37(6)49(60)50(68-11)48(36(5)25-32)55-69-31-47(58)59/h12-14,17-18,26,32,34-36,38-46,49-50,57,60,64H,15-16,19-25,27-31H2,1-11H3,(H,58,59)/b14-12+,17-13+,33-18+,37-26+,55-48?/t32-,34-,35-,36-,38-,39+,40+,41+,42-,43+,44-,45+,46-,49-,50+,54-/m1/s1. The van der Waals surface area contributed by atoms with Gasteiger partial charge >= 0.3 is 11.9 Å². The number of methoxy groups -OCH3 is 4. The maximum atomic E-state index is 14.6. The number of oxime groups is 1. The number of amides is 1. The van der Waals surface area contributed by atoms with E-state index in [1.165, 1.54) is 12.0 Å². The molecule has 16 atom stereocenters. The Morgan fingerprint density at radius 1 is 0.859 bits per heavy atom. The van der Waals surface area contributed by atoms with E-state index >= 15 is 0 Å². The number of esters is 1. The number of hydrogen-bond donors (Lipinski definition) is 4. The molecule has 3 heterocycles. The van der Waals surface area contributed by atoms with Gasteiger partial charge in [0, 0.05) is 65.6 Å². The van der Waals surface area contributed by atoms with Crippen LogP contribution in [-0.4, -0.2) is 157 Å². The van der Waals surface area contributed by atoms with E-state index < -0.39 is 90.7 Å². The Bertz CT molecular complexity index is 1900. The topological polar surface area (TPSA) is 229 Å². The summed E-state index contributed by atoms with van der Waals surface area (Å²) in [6.45, 7) is 12.7. The van der Waals surface area contributed by atoms with Gasteiger partial charge in [0.15, 0.2) is 0 Å². The lowest BCUT2D eigenvalue weighted by molar-refractivity contribution is -0.265. The molecule has 4 N–H and O–H groups in total. The first-order valence-electron chi connectivity index (χ1n) is 25.7. The lowest BCUT2D eigenvalue weighted by Crippen LogP contribution is -2.61. The van der Waals surface area contributed by atoms with Gasteiger partial charge in [0.05, 0.1) is 36.2 Å². The zero-order chi connectivity index (χ0) is 52.6. The number of aliphatic hydroxyl groups is 3. The number of fused-ring (bicyclic) bond motifs is 3. The average molecular weight is 1000 g/mol. The molecule has 1 saturated carbocycles. The number of Topliss-reactive ketones (excluding diaryl/α,β-unsaturated/α-hetero) is 1. The maximum Gasteiger partial charge on any atom is 0.344 e. The Labute approximate surface area is 422 Å². The first-order chi connectivity index (χ1) is 33.7. The molecule has 3 fully saturated rings.